The molecular formula is C15H25Cl2N3O. The van der Waals surface area contributed by atoms with E-state index in [1.165, 1.54) is 11.1 Å². The lowest BCUT2D eigenvalue weighted by molar-refractivity contribution is -0.123. The van der Waals surface area contributed by atoms with Crippen LogP contribution < -0.4 is 10.6 Å². The molecule has 120 valence electrons. The molecule has 1 aliphatic rings. The Morgan fingerprint density at radius 1 is 1.33 bits per heavy atom. The van der Waals surface area contributed by atoms with E-state index in [-0.39, 0.29) is 36.8 Å². The second-order valence-electron chi connectivity index (χ2n) is 5.09. The molecule has 0 aliphatic carbocycles. The molecule has 0 radical (unpaired) electrons. The van der Waals surface area contributed by atoms with Gasteiger partial charge in [-0.1, -0.05) is 31.2 Å². The molecule has 2 N–H and O–H groups in total. The average molecular weight is 334 g/mol. The van der Waals surface area contributed by atoms with Gasteiger partial charge in [-0.05, 0) is 31.1 Å². The molecule has 1 amide bonds. The van der Waals surface area contributed by atoms with Crippen molar-refractivity contribution in [1.29, 1.82) is 0 Å². The van der Waals surface area contributed by atoms with Crippen molar-refractivity contribution in [2.24, 2.45) is 0 Å². The molecule has 1 unspecified atom stereocenters. The summed E-state index contributed by atoms with van der Waals surface area (Å²) in [5.41, 5.74) is 2.59. The van der Waals surface area contributed by atoms with E-state index in [1.807, 2.05) is 12.1 Å². The third-order valence-corrected chi connectivity index (χ3v) is 3.73. The zero-order valence-corrected chi connectivity index (χ0v) is 14.2. The van der Waals surface area contributed by atoms with Gasteiger partial charge in [0.1, 0.15) is 0 Å². The van der Waals surface area contributed by atoms with Crippen molar-refractivity contribution in [1.82, 2.24) is 15.5 Å². The smallest absolute Gasteiger partial charge is 0.237 e. The minimum Gasteiger partial charge on any atom is -0.353 e. The van der Waals surface area contributed by atoms with E-state index in [0.29, 0.717) is 6.54 Å². The van der Waals surface area contributed by atoms with Crippen LogP contribution in [-0.2, 0) is 17.8 Å². The maximum atomic E-state index is 12.1. The molecule has 21 heavy (non-hydrogen) atoms. The number of rotatable bonds is 5. The van der Waals surface area contributed by atoms with E-state index >= 15 is 0 Å². The first-order valence-corrected chi connectivity index (χ1v) is 6.97. The fourth-order valence-corrected chi connectivity index (χ4v) is 2.29. The lowest BCUT2D eigenvalue weighted by atomic mass is 9.95. The number of carbonyl (C=O) groups is 1. The first-order valence-electron chi connectivity index (χ1n) is 6.97. The van der Waals surface area contributed by atoms with Gasteiger partial charge in [0, 0.05) is 19.6 Å². The van der Waals surface area contributed by atoms with Crippen LogP contribution in [0.25, 0.3) is 0 Å². The Morgan fingerprint density at radius 3 is 2.67 bits per heavy atom. The lowest BCUT2D eigenvalue weighted by Crippen LogP contribution is -2.48. The van der Waals surface area contributed by atoms with Crippen molar-refractivity contribution in [2.45, 2.75) is 25.9 Å². The van der Waals surface area contributed by atoms with Crippen LogP contribution in [0.2, 0.25) is 0 Å². The quantitative estimate of drug-likeness (QED) is 0.860. The van der Waals surface area contributed by atoms with Crippen LogP contribution in [0.5, 0.6) is 0 Å². The van der Waals surface area contributed by atoms with Gasteiger partial charge >= 0.3 is 0 Å². The third kappa shape index (κ3) is 5.83. The first kappa shape index (κ1) is 20.2. The van der Waals surface area contributed by atoms with Crippen molar-refractivity contribution in [3.05, 3.63) is 35.4 Å². The number of likely N-dealkylation sites (N-methyl/N-ethyl adjacent to an activating group) is 1. The molecule has 1 heterocycles. The van der Waals surface area contributed by atoms with Gasteiger partial charge in [-0.3, -0.25) is 4.79 Å². The number of halogens is 2. The number of hydrogen-bond acceptors (Lipinski definition) is 3. The molecule has 4 nitrogen and oxygen atoms in total. The molecule has 6 heteroatoms. The maximum absolute atomic E-state index is 12.1. The van der Waals surface area contributed by atoms with Crippen LogP contribution in [0.4, 0.5) is 0 Å². The van der Waals surface area contributed by atoms with Gasteiger partial charge in [0.25, 0.3) is 0 Å². The maximum Gasteiger partial charge on any atom is 0.237 e. The van der Waals surface area contributed by atoms with E-state index < -0.39 is 0 Å². The predicted octanol–water partition coefficient (Wildman–Crippen LogP) is 1.61. The number of amides is 1. The summed E-state index contributed by atoms with van der Waals surface area (Å²) in [5.74, 6) is 0.110. The second kappa shape index (κ2) is 10.0. The molecule has 0 spiro atoms. The van der Waals surface area contributed by atoms with Crippen LogP contribution in [0.1, 0.15) is 18.1 Å². The molecule has 0 saturated carbocycles. The molecule has 1 aromatic carbocycles. The van der Waals surface area contributed by atoms with Crippen molar-refractivity contribution < 1.29 is 4.79 Å². The summed E-state index contributed by atoms with van der Waals surface area (Å²) in [6, 6.07) is 8.21. The van der Waals surface area contributed by atoms with E-state index in [4.69, 9.17) is 0 Å². The highest BCUT2D eigenvalue weighted by Gasteiger charge is 2.23. The molecule has 0 saturated heterocycles. The molecule has 0 bridgehead atoms. The van der Waals surface area contributed by atoms with Crippen LogP contribution in [0.3, 0.4) is 0 Å². The van der Waals surface area contributed by atoms with Gasteiger partial charge in [0.2, 0.25) is 5.91 Å². The Balaban J connectivity index is 0.00000200. The van der Waals surface area contributed by atoms with E-state index in [9.17, 15) is 4.79 Å². The fourth-order valence-electron chi connectivity index (χ4n) is 2.29. The lowest BCUT2D eigenvalue weighted by Gasteiger charge is -2.25. The highest BCUT2D eigenvalue weighted by atomic mass is 35.5. The van der Waals surface area contributed by atoms with Crippen molar-refractivity contribution in [3.63, 3.8) is 0 Å². The number of nitrogens with zero attached hydrogens (tertiary/aromatic N) is 1. The minimum absolute atomic E-state index is 0. The van der Waals surface area contributed by atoms with Gasteiger partial charge < -0.3 is 15.5 Å². The minimum atomic E-state index is -0.0955. The number of benzene rings is 1. The van der Waals surface area contributed by atoms with Crippen LogP contribution in [-0.4, -0.2) is 43.5 Å². The summed E-state index contributed by atoms with van der Waals surface area (Å²) in [6.07, 6.45) is 0.783. The number of fused-ring (bicyclic) bond motifs is 1. The van der Waals surface area contributed by atoms with Crippen LogP contribution in [0.15, 0.2) is 24.3 Å². The summed E-state index contributed by atoms with van der Waals surface area (Å²) >= 11 is 0. The molecule has 1 aliphatic heterocycles. The standard InChI is InChI=1S/C15H23N3O.2ClH/c1-3-18(2)9-8-16-15(19)14-10-12-6-4-5-7-13(12)11-17-14;;/h4-7,14,17H,3,8-11H2,1-2H3,(H,16,19);2*1H. The highest BCUT2D eigenvalue weighted by molar-refractivity contribution is 5.85. The van der Waals surface area contributed by atoms with Gasteiger partial charge in [0.15, 0.2) is 0 Å². The molecule has 0 fully saturated rings. The van der Waals surface area contributed by atoms with Crippen molar-refractivity contribution >= 4 is 30.7 Å². The normalized spacial score (nSPS) is 16.4. The predicted molar refractivity (Wildman–Crippen MR) is 91.5 cm³/mol. The number of nitrogens with one attached hydrogen (secondary N) is 2. The highest BCUT2D eigenvalue weighted by Crippen LogP contribution is 2.16. The Bertz CT molecular complexity index is 443. The Morgan fingerprint density at radius 2 is 2.00 bits per heavy atom. The molecule has 2 rings (SSSR count). The zero-order chi connectivity index (χ0) is 13.7. The van der Waals surface area contributed by atoms with Crippen LogP contribution >= 0.6 is 24.8 Å². The largest absolute Gasteiger partial charge is 0.353 e. The van der Waals surface area contributed by atoms with Crippen LogP contribution in [0, 0.1) is 0 Å². The second-order valence-corrected chi connectivity index (χ2v) is 5.09. The van der Waals surface area contributed by atoms with Gasteiger partial charge in [0.05, 0.1) is 6.04 Å². The molecular weight excluding hydrogens is 309 g/mol. The van der Waals surface area contributed by atoms with Crippen molar-refractivity contribution in [3.8, 4) is 0 Å². The van der Waals surface area contributed by atoms with Gasteiger partial charge in [-0.15, -0.1) is 24.8 Å². The molecule has 1 aromatic rings. The van der Waals surface area contributed by atoms with Gasteiger partial charge in [-0.25, -0.2) is 0 Å². The summed E-state index contributed by atoms with van der Waals surface area (Å²) in [7, 11) is 2.06. The summed E-state index contributed by atoms with van der Waals surface area (Å²) < 4.78 is 0. The van der Waals surface area contributed by atoms with E-state index in [1.54, 1.807) is 0 Å². The third-order valence-electron chi connectivity index (χ3n) is 3.73. The average Bonchev–Trinajstić information content (AvgIpc) is 2.46. The Kier molecular flexibility index (Phi) is 9.62. The SMILES string of the molecule is CCN(C)CCNC(=O)C1Cc2ccccc2CN1.Cl.Cl. The van der Waals surface area contributed by atoms with Gasteiger partial charge in [-0.2, -0.15) is 0 Å². The molecule has 1 atom stereocenters. The first-order chi connectivity index (χ1) is 9.20. The van der Waals surface area contributed by atoms with Crippen molar-refractivity contribution in [2.75, 3.05) is 26.7 Å². The van der Waals surface area contributed by atoms with E-state index in [2.05, 4.69) is 41.6 Å². The zero-order valence-electron chi connectivity index (χ0n) is 12.6. The fraction of sp³-hybridized carbons (Fsp3) is 0.533. The number of carbonyl (C=O) groups excluding carboxylic acids is 1. The monoisotopic (exact) mass is 333 g/mol. The summed E-state index contributed by atoms with van der Waals surface area (Å²) in [5, 5.41) is 6.31. The Hall–Kier alpha value is -0.810. The summed E-state index contributed by atoms with van der Waals surface area (Å²) in [4.78, 5) is 14.3. The number of hydrogen-bond donors (Lipinski definition) is 2. The summed E-state index contributed by atoms with van der Waals surface area (Å²) in [6.45, 7) is 5.50. The molecule has 0 aromatic heterocycles. The topological polar surface area (TPSA) is 44.4 Å². The van der Waals surface area contributed by atoms with E-state index in [0.717, 1.165) is 26.1 Å². The Labute approximate surface area is 139 Å².